The van der Waals surface area contributed by atoms with E-state index in [0.29, 0.717) is 17.7 Å². The lowest BCUT2D eigenvalue weighted by Gasteiger charge is -2.48. The van der Waals surface area contributed by atoms with Crippen molar-refractivity contribution in [3.05, 3.63) is 11.6 Å². The van der Waals surface area contributed by atoms with Crippen LogP contribution in [0.3, 0.4) is 0 Å². The number of likely N-dealkylation sites (tertiary alicyclic amines) is 1. The lowest BCUT2D eigenvalue weighted by Crippen LogP contribution is -2.57. The molecule has 17 heavy (non-hydrogen) atoms. The molecule has 0 N–H and O–H groups in total. The predicted octanol–water partition coefficient (Wildman–Crippen LogP) is 3.28. The second kappa shape index (κ2) is 4.47. The molecule has 1 heterocycles. The molecule has 1 aliphatic heterocycles. The number of hydrogen-bond acceptors (Lipinski definition) is 1. The summed E-state index contributed by atoms with van der Waals surface area (Å²) in [5.74, 6) is 0.385. The smallest absolute Gasteiger partial charge is 0.226 e. The summed E-state index contributed by atoms with van der Waals surface area (Å²) < 4.78 is 0. The molecule has 94 valence electrons. The highest BCUT2D eigenvalue weighted by atomic mass is 16.2. The Balaban J connectivity index is 1.49. The minimum absolute atomic E-state index is 0.385. The Morgan fingerprint density at radius 3 is 2.59 bits per heavy atom. The molecule has 2 nitrogen and oxygen atoms in total. The van der Waals surface area contributed by atoms with E-state index in [2.05, 4.69) is 11.0 Å². The number of allylic oxidation sites excluding steroid dienone is 1. The second-order valence-electron chi connectivity index (χ2n) is 6.24. The number of hydrogen-bond donors (Lipinski definition) is 0. The first-order chi connectivity index (χ1) is 8.27. The quantitative estimate of drug-likeness (QED) is 0.670. The van der Waals surface area contributed by atoms with Gasteiger partial charge in [0.25, 0.3) is 0 Å². The van der Waals surface area contributed by atoms with Crippen molar-refractivity contribution in [3.63, 3.8) is 0 Å². The van der Waals surface area contributed by atoms with Crippen LogP contribution < -0.4 is 0 Å². The van der Waals surface area contributed by atoms with E-state index < -0.39 is 0 Å². The lowest BCUT2D eigenvalue weighted by atomic mass is 9.78. The molecule has 1 spiro atoms. The fourth-order valence-corrected chi connectivity index (χ4v) is 3.75. The normalized spacial score (nSPS) is 26.8. The van der Waals surface area contributed by atoms with E-state index in [-0.39, 0.29) is 0 Å². The van der Waals surface area contributed by atoms with Crippen LogP contribution in [0.5, 0.6) is 0 Å². The van der Waals surface area contributed by atoms with Gasteiger partial charge in [-0.25, -0.2) is 0 Å². The van der Waals surface area contributed by atoms with Crippen LogP contribution in [0, 0.1) is 5.41 Å². The molecular formula is C15H23NO. The van der Waals surface area contributed by atoms with Gasteiger partial charge in [-0.1, -0.05) is 24.5 Å². The molecule has 0 unspecified atom stereocenters. The molecule has 3 rings (SSSR count). The van der Waals surface area contributed by atoms with Crippen molar-refractivity contribution in [2.45, 2.75) is 57.8 Å². The predicted molar refractivity (Wildman–Crippen MR) is 68.6 cm³/mol. The average Bonchev–Trinajstić information content (AvgIpc) is 2.77. The fraction of sp³-hybridized carbons (Fsp3) is 0.800. The van der Waals surface area contributed by atoms with Crippen LogP contribution in [0.15, 0.2) is 11.6 Å². The van der Waals surface area contributed by atoms with Crippen LogP contribution in [0.25, 0.3) is 0 Å². The molecular weight excluding hydrogens is 210 g/mol. The maximum Gasteiger partial charge on any atom is 0.226 e. The Morgan fingerprint density at radius 1 is 1.18 bits per heavy atom. The molecule has 0 aromatic rings. The molecule has 0 radical (unpaired) electrons. The zero-order valence-corrected chi connectivity index (χ0v) is 10.7. The molecule has 2 aliphatic carbocycles. The summed E-state index contributed by atoms with van der Waals surface area (Å²) in [6.45, 7) is 2.11. The largest absolute Gasteiger partial charge is 0.341 e. The first kappa shape index (κ1) is 11.3. The molecule has 1 saturated carbocycles. The minimum Gasteiger partial charge on any atom is -0.341 e. The molecule has 2 fully saturated rings. The van der Waals surface area contributed by atoms with Gasteiger partial charge in [-0.05, 0) is 38.5 Å². The average molecular weight is 233 g/mol. The monoisotopic (exact) mass is 233 g/mol. The summed E-state index contributed by atoms with van der Waals surface area (Å²) in [5.41, 5.74) is 1.95. The molecule has 0 atom stereocenters. The van der Waals surface area contributed by atoms with Crippen LogP contribution in [0.1, 0.15) is 57.8 Å². The van der Waals surface area contributed by atoms with Crippen LogP contribution in [-0.4, -0.2) is 23.9 Å². The van der Waals surface area contributed by atoms with Gasteiger partial charge < -0.3 is 4.90 Å². The number of nitrogens with zero attached hydrogens (tertiary/aromatic N) is 1. The summed E-state index contributed by atoms with van der Waals surface area (Å²) in [6.07, 6.45) is 13.4. The standard InChI is InChI=1S/C15H23NO/c17-14(10-13-6-2-1-3-7-13)16-11-15(12-16)8-4-5-9-15/h6H,1-5,7-12H2. The van der Waals surface area contributed by atoms with Gasteiger partial charge in [-0.2, -0.15) is 0 Å². The van der Waals surface area contributed by atoms with E-state index in [0.717, 1.165) is 19.5 Å². The highest BCUT2D eigenvalue weighted by Crippen LogP contribution is 2.45. The molecule has 0 bridgehead atoms. The van der Waals surface area contributed by atoms with Crippen LogP contribution >= 0.6 is 0 Å². The Hall–Kier alpha value is -0.790. The van der Waals surface area contributed by atoms with Crippen molar-refractivity contribution in [2.75, 3.05) is 13.1 Å². The number of carbonyl (C=O) groups excluding carboxylic acids is 1. The Labute approximate surface area is 104 Å². The van der Waals surface area contributed by atoms with Gasteiger partial charge in [0, 0.05) is 24.9 Å². The summed E-state index contributed by atoms with van der Waals surface area (Å²) in [7, 11) is 0. The molecule has 3 aliphatic rings. The Kier molecular flexibility index (Phi) is 2.97. The number of amides is 1. The first-order valence-electron chi connectivity index (χ1n) is 7.23. The minimum atomic E-state index is 0.385. The molecule has 0 aromatic heterocycles. The Bertz CT molecular complexity index is 331. The van der Waals surface area contributed by atoms with Crippen LogP contribution in [0.4, 0.5) is 0 Å². The molecule has 1 amide bonds. The summed E-state index contributed by atoms with van der Waals surface area (Å²) >= 11 is 0. The summed E-state index contributed by atoms with van der Waals surface area (Å²) in [5, 5.41) is 0. The summed E-state index contributed by atoms with van der Waals surface area (Å²) in [6, 6.07) is 0. The third-order valence-electron chi connectivity index (χ3n) is 4.83. The van der Waals surface area contributed by atoms with Crippen molar-refractivity contribution >= 4 is 5.91 Å². The van der Waals surface area contributed by atoms with E-state index in [9.17, 15) is 4.79 Å². The fourth-order valence-electron chi connectivity index (χ4n) is 3.75. The van der Waals surface area contributed by atoms with Gasteiger partial charge in [-0.15, -0.1) is 0 Å². The van der Waals surface area contributed by atoms with Gasteiger partial charge in [0.05, 0.1) is 0 Å². The zero-order chi connectivity index (χ0) is 11.7. The SMILES string of the molecule is O=C(CC1=CCCCC1)N1CC2(CCCC2)C1. The topological polar surface area (TPSA) is 20.3 Å². The maximum atomic E-state index is 12.1. The zero-order valence-electron chi connectivity index (χ0n) is 10.7. The second-order valence-corrected chi connectivity index (χ2v) is 6.24. The van der Waals surface area contributed by atoms with Gasteiger partial charge in [-0.3, -0.25) is 4.79 Å². The van der Waals surface area contributed by atoms with Crippen LogP contribution in [0.2, 0.25) is 0 Å². The van der Waals surface area contributed by atoms with Gasteiger partial charge >= 0.3 is 0 Å². The van der Waals surface area contributed by atoms with E-state index in [4.69, 9.17) is 0 Å². The highest BCUT2D eigenvalue weighted by Gasteiger charge is 2.46. The highest BCUT2D eigenvalue weighted by molar-refractivity contribution is 5.79. The third kappa shape index (κ3) is 2.27. The van der Waals surface area contributed by atoms with Crippen molar-refractivity contribution < 1.29 is 4.79 Å². The number of rotatable bonds is 2. The first-order valence-corrected chi connectivity index (χ1v) is 7.23. The molecule has 2 heteroatoms. The van der Waals surface area contributed by atoms with Crippen molar-refractivity contribution in [3.8, 4) is 0 Å². The summed E-state index contributed by atoms with van der Waals surface area (Å²) in [4.78, 5) is 14.2. The lowest BCUT2D eigenvalue weighted by molar-refractivity contribution is -0.142. The van der Waals surface area contributed by atoms with E-state index in [1.807, 2.05) is 0 Å². The van der Waals surface area contributed by atoms with E-state index in [1.165, 1.54) is 50.5 Å². The molecule has 1 saturated heterocycles. The van der Waals surface area contributed by atoms with E-state index in [1.54, 1.807) is 0 Å². The molecule has 0 aromatic carbocycles. The van der Waals surface area contributed by atoms with Gasteiger partial charge in [0.15, 0.2) is 0 Å². The van der Waals surface area contributed by atoms with Gasteiger partial charge in [0.1, 0.15) is 0 Å². The third-order valence-corrected chi connectivity index (χ3v) is 4.83. The van der Waals surface area contributed by atoms with Crippen molar-refractivity contribution in [2.24, 2.45) is 5.41 Å². The van der Waals surface area contributed by atoms with E-state index >= 15 is 0 Å². The van der Waals surface area contributed by atoms with Crippen molar-refractivity contribution in [1.29, 1.82) is 0 Å². The van der Waals surface area contributed by atoms with Gasteiger partial charge in [0.2, 0.25) is 5.91 Å². The number of carbonyl (C=O) groups is 1. The van der Waals surface area contributed by atoms with Crippen LogP contribution in [-0.2, 0) is 4.79 Å². The maximum absolute atomic E-state index is 12.1. The van der Waals surface area contributed by atoms with Crippen molar-refractivity contribution in [1.82, 2.24) is 4.90 Å². The Morgan fingerprint density at radius 2 is 1.94 bits per heavy atom.